The van der Waals surface area contributed by atoms with Gasteiger partial charge in [-0.25, -0.2) is 0 Å². The maximum absolute atomic E-state index is 12.9. The predicted molar refractivity (Wildman–Crippen MR) is 116 cm³/mol. The SMILES string of the molecule is C=CC(=C)N(C(=O)CCNC(=O)C1CCCNCC1)[C@H]1C[C@@H](N2CCCCC2)C1. The zero-order valence-corrected chi connectivity index (χ0v) is 17.8. The van der Waals surface area contributed by atoms with E-state index >= 15 is 0 Å². The molecule has 2 heterocycles. The molecule has 0 bridgehead atoms. The van der Waals surface area contributed by atoms with E-state index in [0.29, 0.717) is 24.7 Å². The zero-order chi connectivity index (χ0) is 20.6. The highest BCUT2D eigenvalue weighted by Gasteiger charge is 2.39. The molecule has 3 rings (SSSR count). The highest BCUT2D eigenvalue weighted by atomic mass is 16.2. The second-order valence-electron chi connectivity index (χ2n) is 8.75. The van der Waals surface area contributed by atoms with E-state index in [1.165, 1.54) is 32.4 Å². The Morgan fingerprint density at radius 2 is 1.86 bits per heavy atom. The zero-order valence-electron chi connectivity index (χ0n) is 17.8. The number of carbonyl (C=O) groups is 2. The number of carbonyl (C=O) groups excluding carboxylic acids is 2. The van der Waals surface area contributed by atoms with Gasteiger partial charge in [-0.2, -0.15) is 0 Å². The van der Waals surface area contributed by atoms with E-state index < -0.39 is 0 Å². The molecule has 1 unspecified atom stereocenters. The number of allylic oxidation sites excluding steroid dienone is 1. The van der Waals surface area contributed by atoms with Crippen molar-refractivity contribution in [2.75, 3.05) is 32.7 Å². The molecule has 0 radical (unpaired) electrons. The third-order valence-corrected chi connectivity index (χ3v) is 6.76. The summed E-state index contributed by atoms with van der Waals surface area (Å²) in [6.07, 6.45) is 10.8. The van der Waals surface area contributed by atoms with Crippen molar-refractivity contribution in [1.82, 2.24) is 20.4 Å². The molecule has 0 aromatic carbocycles. The van der Waals surface area contributed by atoms with Crippen LogP contribution in [0.2, 0.25) is 0 Å². The Bertz CT molecular complexity index is 586. The van der Waals surface area contributed by atoms with E-state index in [9.17, 15) is 9.59 Å². The van der Waals surface area contributed by atoms with Crippen LogP contribution in [0.15, 0.2) is 24.9 Å². The van der Waals surface area contributed by atoms with Gasteiger partial charge in [0, 0.05) is 36.7 Å². The Hall–Kier alpha value is -1.66. The Labute approximate surface area is 175 Å². The maximum atomic E-state index is 12.9. The molecule has 0 aromatic heterocycles. The third-order valence-electron chi connectivity index (χ3n) is 6.76. The molecule has 162 valence electrons. The quantitative estimate of drug-likeness (QED) is 0.612. The predicted octanol–water partition coefficient (Wildman–Crippen LogP) is 2.43. The van der Waals surface area contributed by atoms with Gasteiger partial charge in [0.05, 0.1) is 0 Å². The fraction of sp³-hybridized carbons (Fsp3) is 0.739. The molecular formula is C23H38N4O2. The second kappa shape index (κ2) is 10.9. The van der Waals surface area contributed by atoms with Gasteiger partial charge >= 0.3 is 0 Å². The number of rotatable bonds is 8. The molecule has 6 heteroatoms. The molecule has 29 heavy (non-hydrogen) atoms. The number of hydrogen-bond donors (Lipinski definition) is 2. The molecular weight excluding hydrogens is 364 g/mol. The Morgan fingerprint density at radius 3 is 2.59 bits per heavy atom. The van der Waals surface area contributed by atoms with E-state index in [2.05, 4.69) is 28.7 Å². The van der Waals surface area contributed by atoms with Crippen molar-refractivity contribution in [3.63, 3.8) is 0 Å². The van der Waals surface area contributed by atoms with Gasteiger partial charge in [-0.1, -0.05) is 19.6 Å². The van der Waals surface area contributed by atoms with Gasteiger partial charge in [-0.3, -0.25) is 9.59 Å². The molecule has 2 N–H and O–H groups in total. The first-order chi connectivity index (χ1) is 14.1. The summed E-state index contributed by atoms with van der Waals surface area (Å²) in [6.45, 7) is 12.5. The summed E-state index contributed by atoms with van der Waals surface area (Å²) in [5.41, 5.74) is 0.679. The number of likely N-dealkylation sites (tertiary alicyclic amines) is 1. The van der Waals surface area contributed by atoms with Crippen LogP contribution < -0.4 is 10.6 Å². The average molecular weight is 403 g/mol. The number of nitrogens with one attached hydrogen (secondary N) is 2. The highest BCUT2D eigenvalue weighted by molar-refractivity contribution is 5.81. The first kappa shape index (κ1) is 22.0. The van der Waals surface area contributed by atoms with Crippen LogP contribution in [0, 0.1) is 5.92 Å². The Morgan fingerprint density at radius 1 is 1.10 bits per heavy atom. The van der Waals surface area contributed by atoms with Gasteiger partial charge in [-0.15, -0.1) is 0 Å². The molecule has 0 spiro atoms. The Balaban J connectivity index is 1.45. The smallest absolute Gasteiger partial charge is 0.228 e. The van der Waals surface area contributed by atoms with Crippen molar-refractivity contribution < 1.29 is 9.59 Å². The average Bonchev–Trinajstić information content (AvgIpc) is 2.99. The fourth-order valence-electron chi connectivity index (χ4n) is 4.89. The van der Waals surface area contributed by atoms with Crippen LogP contribution in [0.4, 0.5) is 0 Å². The first-order valence-corrected chi connectivity index (χ1v) is 11.5. The number of hydrogen-bond acceptors (Lipinski definition) is 4. The van der Waals surface area contributed by atoms with E-state index in [1.54, 1.807) is 6.08 Å². The van der Waals surface area contributed by atoms with Crippen LogP contribution in [-0.4, -0.2) is 66.4 Å². The summed E-state index contributed by atoms with van der Waals surface area (Å²) < 4.78 is 0. The van der Waals surface area contributed by atoms with Gasteiger partial charge in [0.1, 0.15) is 0 Å². The molecule has 2 amide bonds. The Kier molecular flexibility index (Phi) is 8.30. The van der Waals surface area contributed by atoms with Gasteiger partial charge in [-0.05, 0) is 77.2 Å². The summed E-state index contributed by atoms with van der Waals surface area (Å²) >= 11 is 0. The van der Waals surface area contributed by atoms with Crippen molar-refractivity contribution in [2.24, 2.45) is 5.92 Å². The van der Waals surface area contributed by atoms with Gasteiger partial charge in [0.15, 0.2) is 0 Å². The molecule has 0 aromatic rings. The normalized spacial score (nSPS) is 27.9. The monoisotopic (exact) mass is 402 g/mol. The summed E-state index contributed by atoms with van der Waals surface area (Å²) in [5, 5.41) is 6.31. The molecule has 3 fully saturated rings. The number of amides is 2. The third kappa shape index (κ3) is 5.92. The van der Waals surface area contributed by atoms with Crippen LogP contribution in [0.25, 0.3) is 0 Å². The summed E-state index contributed by atoms with van der Waals surface area (Å²) in [5.74, 6) is 0.195. The van der Waals surface area contributed by atoms with Gasteiger partial charge in [0.2, 0.25) is 11.8 Å². The largest absolute Gasteiger partial charge is 0.355 e. The molecule has 1 aliphatic carbocycles. The van der Waals surface area contributed by atoms with Crippen molar-refractivity contribution in [3.8, 4) is 0 Å². The highest BCUT2D eigenvalue weighted by Crippen LogP contribution is 2.34. The van der Waals surface area contributed by atoms with Crippen LogP contribution in [0.5, 0.6) is 0 Å². The van der Waals surface area contributed by atoms with Crippen molar-refractivity contribution in [2.45, 2.75) is 69.9 Å². The number of piperidine rings is 1. The molecule has 2 saturated heterocycles. The molecule has 6 nitrogen and oxygen atoms in total. The topological polar surface area (TPSA) is 64.7 Å². The maximum Gasteiger partial charge on any atom is 0.228 e. The molecule has 1 saturated carbocycles. The second-order valence-corrected chi connectivity index (χ2v) is 8.75. The lowest BCUT2D eigenvalue weighted by Gasteiger charge is -2.48. The minimum Gasteiger partial charge on any atom is -0.355 e. The van der Waals surface area contributed by atoms with Crippen molar-refractivity contribution in [3.05, 3.63) is 24.9 Å². The molecule has 1 atom stereocenters. The van der Waals surface area contributed by atoms with E-state index in [1.807, 2.05) is 4.90 Å². The van der Waals surface area contributed by atoms with Crippen molar-refractivity contribution >= 4 is 11.8 Å². The fourth-order valence-corrected chi connectivity index (χ4v) is 4.89. The van der Waals surface area contributed by atoms with Crippen LogP contribution in [0.3, 0.4) is 0 Å². The van der Waals surface area contributed by atoms with Gasteiger partial charge in [0.25, 0.3) is 0 Å². The standard InChI is InChI=1S/C23H38N4O2/c1-3-18(2)27(21-16-20(17-21)26-14-5-4-6-15-26)22(28)10-13-25-23(29)19-8-7-11-24-12-9-19/h3,19-21,24H,1-2,4-17H2,(H,25,29)/t19?,20-,21+. The molecule has 3 aliphatic rings. The van der Waals surface area contributed by atoms with E-state index in [-0.39, 0.29) is 23.8 Å². The van der Waals surface area contributed by atoms with Crippen LogP contribution >= 0.6 is 0 Å². The molecule has 2 aliphatic heterocycles. The lowest BCUT2D eigenvalue weighted by Crippen LogP contribution is -2.56. The van der Waals surface area contributed by atoms with Crippen LogP contribution in [-0.2, 0) is 9.59 Å². The lowest BCUT2D eigenvalue weighted by molar-refractivity contribution is -0.134. The lowest BCUT2D eigenvalue weighted by atomic mass is 9.83. The summed E-state index contributed by atoms with van der Waals surface area (Å²) in [4.78, 5) is 29.7. The summed E-state index contributed by atoms with van der Waals surface area (Å²) in [7, 11) is 0. The first-order valence-electron chi connectivity index (χ1n) is 11.5. The summed E-state index contributed by atoms with van der Waals surface area (Å²) in [6, 6.07) is 0.806. The van der Waals surface area contributed by atoms with Crippen molar-refractivity contribution in [1.29, 1.82) is 0 Å². The van der Waals surface area contributed by atoms with Gasteiger partial charge < -0.3 is 20.4 Å². The van der Waals surface area contributed by atoms with E-state index in [0.717, 1.165) is 45.2 Å². The van der Waals surface area contributed by atoms with Crippen LogP contribution in [0.1, 0.15) is 57.8 Å². The minimum atomic E-state index is 0.0415. The van der Waals surface area contributed by atoms with E-state index in [4.69, 9.17) is 0 Å². The minimum absolute atomic E-state index is 0.0415. The number of nitrogens with zero attached hydrogens (tertiary/aromatic N) is 2.